The number of aliphatic hydroxyl groups is 1. The number of hydrogen-bond donors (Lipinski definition) is 2. The molecular weight excluding hydrogens is 634 g/mol. The molecule has 0 saturated heterocycles. The largest absolute Gasteiger partial charge is 0.512 e. The number of hydrogen-bond acceptors (Lipinski definition) is 5. The second-order valence-electron chi connectivity index (χ2n) is 14.2. The summed E-state index contributed by atoms with van der Waals surface area (Å²) in [5.74, 6) is 3.74. The van der Waals surface area contributed by atoms with Gasteiger partial charge in [-0.3, -0.25) is 4.79 Å². The molecular formula is C45H51NO5. The molecule has 2 aliphatic carbocycles. The van der Waals surface area contributed by atoms with Crippen molar-refractivity contribution >= 4 is 5.91 Å². The van der Waals surface area contributed by atoms with Crippen LogP contribution in [-0.4, -0.2) is 31.3 Å². The summed E-state index contributed by atoms with van der Waals surface area (Å²) < 4.78 is 17.4. The Morgan fingerprint density at radius 2 is 1.69 bits per heavy atom. The molecule has 0 aliphatic heterocycles. The molecule has 51 heavy (non-hydrogen) atoms. The number of benzene rings is 4. The minimum absolute atomic E-state index is 0.0817. The molecule has 4 aromatic carbocycles. The van der Waals surface area contributed by atoms with E-state index in [4.69, 9.17) is 14.2 Å². The van der Waals surface area contributed by atoms with Gasteiger partial charge in [0.1, 0.15) is 17.2 Å². The van der Waals surface area contributed by atoms with Crippen LogP contribution in [0.5, 0.6) is 17.2 Å². The summed E-state index contributed by atoms with van der Waals surface area (Å²) in [6.45, 7) is 9.23. The van der Waals surface area contributed by atoms with E-state index in [1.165, 1.54) is 22.3 Å². The topological polar surface area (TPSA) is 77.0 Å². The van der Waals surface area contributed by atoms with Gasteiger partial charge in [0.25, 0.3) is 5.91 Å². The molecule has 1 fully saturated rings. The summed E-state index contributed by atoms with van der Waals surface area (Å²) in [5.41, 5.74) is 6.72. The lowest BCUT2D eigenvalue weighted by molar-refractivity contribution is -0.123. The Hall–Kier alpha value is -4.97. The van der Waals surface area contributed by atoms with Gasteiger partial charge in [-0.15, -0.1) is 6.58 Å². The molecule has 6 rings (SSSR count). The summed E-state index contributed by atoms with van der Waals surface area (Å²) in [6.07, 6.45) is 7.38. The smallest absolute Gasteiger partial charge is 0.258 e. The number of carbonyl (C=O) groups excluding carboxylic acids is 1. The van der Waals surface area contributed by atoms with Gasteiger partial charge in [0.05, 0.1) is 19.5 Å². The highest BCUT2D eigenvalue weighted by atomic mass is 16.5. The number of allylic oxidation sites excluding steroid dienone is 3. The molecule has 1 saturated carbocycles. The van der Waals surface area contributed by atoms with Gasteiger partial charge < -0.3 is 24.6 Å². The van der Waals surface area contributed by atoms with Gasteiger partial charge >= 0.3 is 0 Å². The van der Waals surface area contributed by atoms with Crippen molar-refractivity contribution in [1.82, 2.24) is 5.32 Å². The molecule has 3 atom stereocenters. The molecule has 1 amide bonds. The third-order valence-electron chi connectivity index (χ3n) is 10.7. The standard InChI is InChI=1S/C45H51NO5/c1-5-10-36-27-39(23-25-42(36)51-30-43(47)46-29-32-14-21-38(49-4)22-15-32)50-26-9-13-37-20-24-40(31(2)3)44(48)45(37)28-41(45)35-18-16-34(17-19-35)33-11-7-6-8-12-33/h5-8,11-12,14-19,21-23,25,27,31,37,41,48H,1,9-10,13,20,24,26,28-30H2,2-4H3,(H,46,47). The first kappa shape index (κ1) is 35.8. The van der Waals surface area contributed by atoms with Crippen LogP contribution in [0.4, 0.5) is 0 Å². The van der Waals surface area contributed by atoms with Crippen molar-refractivity contribution in [1.29, 1.82) is 0 Å². The van der Waals surface area contributed by atoms with Crippen LogP contribution in [0.25, 0.3) is 11.1 Å². The van der Waals surface area contributed by atoms with Crippen molar-refractivity contribution in [3.63, 3.8) is 0 Å². The van der Waals surface area contributed by atoms with Crippen molar-refractivity contribution in [2.75, 3.05) is 20.3 Å². The maximum atomic E-state index is 12.5. The van der Waals surface area contributed by atoms with Crippen LogP contribution in [0.2, 0.25) is 0 Å². The molecule has 6 heteroatoms. The van der Waals surface area contributed by atoms with E-state index in [0.29, 0.717) is 48.8 Å². The molecule has 0 bridgehead atoms. The Kier molecular flexibility index (Phi) is 11.5. The van der Waals surface area contributed by atoms with Crippen molar-refractivity contribution in [3.05, 3.63) is 138 Å². The Bertz CT molecular complexity index is 1810. The van der Waals surface area contributed by atoms with Crippen LogP contribution in [0.3, 0.4) is 0 Å². The number of amides is 1. The van der Waals surface area contributed by atoms with Crippen LogP contribution >= 0.6 is 0 Å². The van der Waals surface area contributed by atoms with Crippen LogP contribution < -0.4 is 19.5 Å². The predicted octanol–water partition coefficient (Wildman–Crippen LogP) is 10.00. The van der Waals surface area contributed by atoms with E-state index in [-0.39, 0.29) is 17.9 Å². The first-order chi connectivity index (χ1) is 24.8. The lowest BCUT2D eigenvalue weighted by Gasteiger charge is -2.36. The summed E-state index contributed by atoms with van der Waals surface area (Å²) in [6, 6.07) is 32.8. The van der Waals surface area contributed by atoms with Crippen LogP contribution in [0.1, 0.15) is 68.6 Å². The van der Waals surface area contributed by atoms with Gasteiger partial charge in [-0.05, 0) is 114 Å². The average molecular weight is 686 g/mol. The number of nitrogens with one attached hydrogen (secondary N) is 1. The van der Waals surface area contributed by atoms with E-state index in [1.807, 2.05) is 54.6 Å². The second-order valence-corrected chi connectivity index (χ2v) is 14.2. The highest BCUT2D eigenvalue weighted by Crippen LogP contribution is 2.71. The van der Waals surface area contributed by atoms with E-state index in [1.54, 1.807) is 7.11 Å². The summed E-state index contributed by atoms with van der Waals surface area (Å²) in [4.78, 5) is 12.5. The van der Waals surface area contributed by atoms with Gasteiger partial charge in [0.2, 0.25) is 0 Å². The van der Waals surface area contributed by atoms with Gasteiger partial charge in [0.15, 0.2) is 6.61 Å². The molecule has 1 spiro atoms. The molecule has 266 valence electrons. The third kappa shape index (κ3) is 8.33. The number of aliphatic hydroxyl groups excluding tert-OH is 1. The van der Waals surface area contributed by atoms with Crippen molar-refractivity contribution in [2.45, 2.75) is 64.8 Å². The molecule has 3 unspecified atom stereocenters. The summed E-state index contributed by atoms with van der Waals surface area (Å²) in [7, 11) is 1.63. The Balaban J connectivity index is 1.04. The average Bonchev–Trinajstić information content (AvgIpc) is 3.90. The first-order valence-corrected chi connectivity index (χ1v) is 18.3. The van der Waals surface area contributed by atoms with Gasteiger partial charge in [0, 0.05) is 17.5 Å². The van der Waals surface area contributed by atoms with Crippen molar-refractivity contribution < 1.29 is 24.1 Å². The molecule has 0 aromatic heterocycles. The SMILES string of the molecule is C=CCc1cc(OCCCC2CCC(C(C)C)=C(O)C23CC3c2ccc(-c3ccccc3)cc2)ccc1OCC(=O)NCc1ccc(OC)cc1. The van der Waals surface area contributed by atoms with E-state index in [0.717, 1.165) is 54.7 Å². The summed E-state index contributed by atoms with van der Waals surface area (Å²) in [5, 5.41) is 14.7. The molecule has 2 N–H and O–H groups in total. The zero-order chi connectivity index (χ0) is 35.8. The Labute approximate surface area is 303 Å². The minimum Gasteiger partial charge on any atom is -0.512 e. The molecule has 2 aliphatic rings. The predicted molar refractivity (Wildman–Crippen MR) is 204 cm³/mol. The fourth-order valence-corrected chi connectivity index (χ4v) is 7.87. The molecule has 6 nitrogen and oxygen atoms in total. The first-order valence-electron chi connectivity index (χ1n) is 18.3. The normalized spacial score (nSPS) is 19.5. The second kappa shape index (κ2) is 16.4. The lowest BCUT2D eigenvalue weighted by Crippen LogP contribution is -2.28. The van der Waals surface area contributed by atoms with E-state index >= 15 is 0 Å². The Morgan fingerprint density at radius 1 is 0.961 bits per heavy atom. The minimum atomic E-state index is -0.195. The fourth-order valence-electron chi connectivity index (χ4n) is 7.87. The maximum absolute atomic E-state index is 12.5. The number of carbonyl (C=O) groups is 1. The van der Waals surface area contributed by atoms with Crippen LogP contribution in [-0.2, 0) is 17.8 Å². The Morgan fingerprint density at radius 3 is 2.39 bits per heavy atom. The summed E-state index contributed by atoms with van der Waals surface area (Å²) >= 11 is 0. The van der Waals surface area contributed by atoms with Crippen molar-refractivity contribution in [2.24, 2.45) is 17.3 Å². The number of methoxy groups -OCH3 is 1. The molecule has 4 aromatic rings. The number of rotatable bonds is 16. The number of ether oxygens (including phenoxy) is 3. The van der Waals surface area contributed by atoms with E-state index < -0.39 is 0 Å². The van der Waals surface area contributed by atoms with E-state index in [9.17, 15) is 9.90 Å². The maximum Gasteiger partial charge on any atom is 0.258 e. The van der Waals surface area contributed by atoms with Gasteiger partial charge in [-0.2, -0.15) is 0 Å². The zero-order valence-corrected chi connectivity index (χ0v) is 30.2. The zero-order valence-electron chi connectivity index (χ0n) is 30.2. The van der Waals surface area contributed by atoms with E-state index in [2.05, 4.69) is 74.3 Å². The quantitative estimate of drug-likeness (QED) is 0.0907. The highest BCUT2D eigenvalue weighted by molar-refractivity contribution is 5.77. The molecule has 0 radical (unpaired) electrons. The van der Waals surface area contributed by atoms with Gasteiger partial charge in [-0.25, -0.2) is 0 Å². The third-order valence-corrected chi connectivity index (χ3v) is 10.7. The highest BCUT2D eigenvalue weighted by Gasteiger charge is 2.63. The van der Waals surface area contributed by atoms with Crippen LogP contribution in [0.15, 0.2) is 121 Å². The van der Waals surface area contributed by atoms with Gasteiger partial charge in [-0.1, -0.05) is 86.7 Å². The van der Waals surface area contributed by atoms with Crippen LogP contribution in [0, 0.1) is 17.3 Å². The lowest BCUT2D eigenvalue weighted by atomic mass is 9.70. The molecule has 0 heterocycles. The monoisotopic (exact) mass is 685 g/mol. The fraction of sp³-hybridized carbons (Fsp3) is 0.356. The van der Waals surface area contributed by atoms with Crippen molar-refractivity contribution in [3.8, 4) is 28.4 Å².